The van der Waals surface area contributed by atoms with E-state index in [0.29, 0.717) is 5.56 Å². The summed E-state index contributed by atoms with van der Waals surface area (Å²) in [6.07, 6.45) is -0.447. The van der Waals surface area contributed by atoms with Crippen LogP contribution in [0.2, 0.25) is 0 Å². The number of likely N-dealkylation sites (N-methyl/N-ethyl adjacent to an activating group) is 1. The van der Waals surface area contributed by atoms with Gasteiger partial charge in [-0.25, -0.2) is 0 Å². The standard InChI is InChI=1S/C15H20N2O2S/c1-10-11-8-6-7-9-12(11)14(18)17(5)13(10)16-20(19)15(2,3)4/h6-9,13,16H,1H2,2-5H3/t13-,20?/m1/s1. The molecule has 0 saturated heterocycles. The van der Waals surface area contributed by atoms with E-state index in [1.54, 1.807) is 18.0 Å². The summed E-state index contributed by atoms with van der Waals surface area (Å²) >= 11 is -1.27. The molecule has 4 nitrogen and oxygen atoms in total. The Kier molecular flexibility index (Phi) is 3.95. The lowest BCUT2D eigenvalue weighted by molar-refractivity contribution is 0.0748. The molecule has 2 atom stereocenters. The Balaban J connectivity index is 2.33. The van der Waals surface area contributed by atoms with Gasteiger partial charge >= 0.3 is 0 Å². The minimum absolute atomic E-state index is 0.0867. The van der Waals surface area contributed by atoms with Crippen LogP contribution >= 0.6 is 0 Å². The molecule has 0 aromatic heterocycles. The van der Waals surface area contributed by atoms with Gasteiger partial charge in [0, 0.05) is 24.0 Å². The number of fused-ring (bicyclic) bond motifs is 1. The first-order valence-corrected chi connectivity index (χ1v) is 7.62. The van der Waals surface area contributed by atoms with Crippen LogP contribution in [0.4, 0.5) is 0 Å². The van der Waals surface area contributed by atoms with Gasteiger partial charge in [0.25, 0.3) is 5.91 Å². The molecule has 5 heteroatoms. The van der Waals surface area contributed by atoms with Crippen LogP contribution in [-0.4, -0.2) is 33.3 Å². The van der Waals surface area contributed by atoms with Gasteiger partial charge in [-0.15, -0.1) is 4.72 Å². The first-order valence-electron chi connectivity index (χ1n) is 6.47. The quantitative estimate of drug-likeness (QED) is 0.850. The van der Waals surface area contributed by atoms with E-state index in [9.17, 15) is 9.35 Å². The molecule has 0 bridgehead atoms. The fourth-order valence-electron chi connectivity index (χ4n) is 2.07. The number of amides is 1. The van der Waals surface area contributed by atoms with Gasteiger partial charge in [0.1, 0.15) is 4.75 Å². The Labute approximate surface area is 123 Å². The highest BCUT2D eigenvalue weighted by Gasteiger charge is 2.37. The van der Waals surface area contributed by atoms with Crippen LogP contribution in [0.1, 0.15) is 36.7 Å². The normalized spacial score (nSPS) is 20.9. The SMILES string of the molecule is C=C1c2ccccc2C(=O)N(C)[C@H]1N[S+]([O-])C(C)(C)C. The third kappa shape index (κ3) is 2.61. The smallest absolute Gasteiger partial charge is 0.255 e. The number of hydrogen-bond acceptors (Lipinski definition) is 3. The van der Waals surface area contributed by atoms with Gasteiger partial charge in [0.2, 0.25) is 0 Å². The zero-order chi connectivity index (χ0) is 15.1. The number of nitrogens with one attached hydrogen (secondary N) is 1. The van der Waals surface area contributed by atoms with Crippen LogP contribution in [-0.2, 0) is 11.4 Å². The number of nitrogens with zero attached hydrogens (tertiary/aromatic N) is 1. The van der Waals surface area contributed by atoms with E-state index in [2.05, 4.69) is 11.3 Å². The summed E-state index contributed by atoms with van der Waals surface area (Å²) in [4.78, 5) is 13.9. The molecular weight excluding hydrogens is 272 g/mol. The van der Waals surface area contributed by atoms with E-state index < -0.39 is 22.3 Å². The number of carbonyl (C=O) groups is 1. The van der Waals surface area contributed by atoms with Crippen molar-refractivity contribution in [2.24, 2.45) is 0 Å². The number of rotatable bonds is 2. The summed E-state index contributed by atoms with van der Waals surface area (Å²) in [6.45, 7) is 9.73. The largest absolute Gasteiger partial charge is 0.598 e. The topological polar surface area (TPSA) is 55.4 Å². The molecular formula is C15H20N2O2S. The number of hydrogen-bond donors (Lipinski definition) is 1. The van der Waals surface area contributed by atoms with Gasteiger partial charge in [-0.1, -0.05) is 24.8 Å². The van der Waals surface area contributed by atoms with Crippen LogP contribution in [0.25, 0.3) is 5.57 Å². The van der Waals surface area contributed by atoms with Crippen LogP contribution in [0.5, 0.6) is 0 Å². The first kappa shape index (κ1) is 15.1. The first-order chi connectivity index (χ1) is 9.23. The Morgan fingerprint density at radius 1 is 1.30 bits per heavy atom. The molecule has 1 aromatic carbocycles. The third-order valence-corrected chi connectivity index (χ3v) is 4.87. The second-order valence-corrected chi connectivity index (χ2v) is 7.89. The lowest BCUT2D eigenvalue weighted by atomic mass is 9.93. The maximum atomic E-state index is 12.3. The van der Waals surface area contributed by atoms with Crippen molar-refractivity contribution in [2.75, 3.05) is 7.05 Å². The molecule has 1 unspecified atom stereocenters. The highest BCUT2D eigenvalue weighted by Crippen LogP contribution is 2.30. The Hall–Kier alpha value is -1.30. The highest BCUT2D eigenvalue weighted by molar-refractivity contribution is 7.90. The average Bonchev–Trinajstić information content (AvgIpc) is 2.39. The lowest BCUT2D eigenvalue weighted by Crippen LogP contribution is -2.55. The third-order valence-electron chi connectivity index (χ3n) is 3.32. The van der Waals surface area contributed by atoms with Gasteiger partial charge in [-0.05, 0) is 38.0 Å². The molecule has 1 heterocycles. The van der Waals surface area contributed by atoms with E-state index in [-0.39, 0.29) is 5.91 Å². The van der Waals surface area contributed by atoms with E-state index in [4.69, 9.17) is 0 Å². The molecule has 1 amide bonds. The summed E-state index contributed by atoms with van der Waals surface area (Å²) in [7, 11) is 1.70. The number of carbonyl (C=O) groups excluding carboxylic acids is 1. The van der Waals surface area contributed by atoms with Gasteiger partial charge in [0.05, 0.1) is 0 Å². The van der Waals surface area contributed by atoms with E-state index in [1.807, 2.05) is 39.0 Å². The second-order valence-electron chi connectivity index (χ2n) is 5.89. The summed E-state index contributed by atoms with van der Waals surface area (Å²) in [5, 5.41) is 0. The monoisotopic (exact) mass is 292 g/mol. The van der Waals surface area contributed by atoms with Crippen LogP contribution in [0.15, 0.2) is 30.8 Å². The van der Waals surface area contributed by atoms with E-state index >= 15 is 0 Å². The molecule has 0 fully saturated rings. The maximum Gasteiger partial charge on any atom is 0.255 e. The highest BCUT2D eigenvalue weighted by atomic mass is 32.2. The van der Waals surface area contributed by atoms with Gasteiger partial charge in [-0.2, -0.15) is 0 Å². The summed E-state index contributed by atoms with van der Waals surface area (Å²) in [5.41, 5.74) is 2.22. The van der Waals surface area contributed by atoms with Gasteiger partial charge in [0.15, 0.2) is 6.17 Å². The maximum absolute atomic E-state index is 12.3. The summed E-state index contributed by atoms with van der Waals surface area (Å²) in [6, 6.07) is 7.37. The van der Waals surface area contributed by atoms with Crippen molar-refractivity contribution in [1.29, 1.82) is 0 Å². The van der Waals surface area contributed by atoms with Gasteiger partial charge < -0.3 is 9.45 Å². The summed E-state index contributed by atoms with van der Waals surface area (Å²) < 4.78 is 14.9. The van der Waals surface area contributed by atoms with Crippen LogP contribution < -0.4 is 4.72 Å². The lowest BCUT2D eigenvalue weighted by Gasteiger charge is -2.37. The molecule has 1 N–H and O–H groups in total. The molecule has 0 spiro atoms. The van der Waals surface area contributed by atoms with Crippen LogP contribution in [0.3, 0.4) is 0 Å². The van der Waals surface area contributed by atoms with Crippen molar-refractivity contribution in [3.8, 4) is 0 Å². The predicted molar refractivity (Wildman–Crippen MR) is 82.4 cm³/mol. The van der Waals surface area contributed by atoms with Crippen molar-refractivity contribution in [3.05, 3.63) is 42.0 Å². The van der Waals surface area contributed by atoms with Crippen molar-refractivity contribution in [1.82, 2.24) is 9.62 Å². The fourth-order valence-corrected chi connectivity index (χ4v) is 2.92. The van der Waals surface area contributed by atoms with Gasteiger partial charge in [-0.3, -0.25) is 4.79 Å². The Bertz CT molecular complexity index is 551. The zero-order valence-corrected chi connectivity index (χ0v) is 13.1. The second kappa shape index (κ2) is 5.24. The number of benzene rings is 1. The average molecular weight is 292 g/mol. The molecule has 0 aliphatic carbocycles. The van der Waals surface area contributed by atoms with E-state index in [1.165, 1.54) is 0 Å². The zero-order valence-electron chi connectivity index (χ0n) is 12.3. The van der Waals surface area contributed by atoms with Crippen molar-refractivity contribution >= 4 is 22.8 Å². The minimum Gasteiger partial charge on any atom is -0.598 e. The van der Waals surface area contributed by atoms with Crippen molar-refractivity contribution in [2.45, 2.75) is 31.7 Å². The van der Waals surface area contributed by atoms with Crippen molar-refractivity contribution in [3.63, 3.8) is 0 Å². The molecule has 1 aromatic rings. The fraction of sp³-hybridized carbons (Fsp3) is 0.400. The molecule has 2 rings (SSSR count). The molecule has 108 valence electrons. The minimum atomic E-state index is -1.27. The van der Waals surface area contributed by atoms with Crippen LogP contribution in [0, 0.1) is 0 Å². The van der Waals surface area contributed by atoms with Crippen molar-refractivity contribution < 1.29 is 9.35 Å². The summed E-state index contributed by atoms with van der Waals surface area (Å²) in [5.74, 6) is -0.0867. The molecule has 0 radical (unpaired) electrons. The predicted octanol–water partition coefficient (Wildman–Crippen LogP) is 2.16. The molecule has 1 aliphatic rings. The Morgan fingerprint density at radius 2 is 1.85 bits per heavy atom. The van der Waals surface area contributed by atoms with E-state index in [0.717, 1.165) is 11.1 Å². The molecule has 20 heavy (non-hydrogen) atoms. The Morgan fingerprint density at radius 3 is 2.40 bits per heavy atom. The molecule has 0 saturated carbocycles. The molecule has 1 aliphatic heterocycles.